The van der Waals surface area contributed by atoms with Crippen LogP contribution in [0.15, 0.2) is 6.20 Å². The fourth-order valence-electron chi connectivity index (χ4n) is 1.71. The first-order valence-corrected chi connectivity index (χ1v) is 6.98. The van der Waals surface area contributed by atoms with Crippen LogP contribution in [-0.2, 0) is 6.05 Å². The number of carbonyl (C=O) groups excluding carboxylic acids is 1. The fraction of sp³-hybridized carbons (Fsp3) is 0.700. The molecule has 9 heteroatoms. The van der Waals surface area contributed by atoms with Crippen molar-refractivity contribution in [1.29, 1.82) is 0 Å². The van der Waals surface area contributed by atoms with Gasteiger partial charge < -0.3 is 10.4 Å². The number of carbonyl (C=O) groups is 1. The molecule has 1 aromatic heterocycles. The van der Waals surface area contributed by atoms with E-state index >= 15 is 0 Å². The fourth-order valence-corrected chi connectivity index (χ4v) is 2.79. The minimum absolute atomic E-state index is 0.0368. The Hall–Kier alpha value is -1.22. The van der Waals surface area contributed by atoms with E-state index < -0.39 is 18.6 Å². The monoisotopic (exact) mass is 292 g/mol. The van der Waals surface area contributed by atoms with E-state index in [1.807, 2.05) is 0 Å². The molecule has 1 fully saturated rings. The molecule has 0 aliphatic carbocycles. The molecule has 1 aliphatic rings. The van der Waals surface area contributed by atoms with Crippen LogP contribution < -0.4 is 5.32 Å². The maximum Gasteiger partial charge on any atom is 0.367 e. The number of nitrogens with zero attached hydrogens (tertiary/aromatic N) is 3. The summed E-state index contributed by atoms with van der Waals surface area (Å²) in [5.74, 6) is 1.37. The molecule has 1 amide bonds. The molecule has 1 unspecified atom stereocenters. The predicted molar refractivity (Wildman–Crippen MR) is 65.1 cm³/mol. The van der Waals surface area contributed by atoms with Crippen molar-refractivity contribution in [1.82, 2.24) is 20.3 Å². The highest BCUT2D eigenvalue weighted by Crippen LogP contribution is 2.19. The summed E-state index contributed by atoms with van der Waals surface area (Å²) in [7, 11) is 0. The normalized spacial score (nSPS) is 20.3. The Kier molecular flexibility index (Phi) is 4.35. The zero-order valence-electron chi connectivity index (χ0n) is 10.1. The largest absolute Gasteiger partial charge is 0.388 e. The third kappa shape index (κ3) is 3.41. The Labute approximate surface area is 112 Å². The van der Waals surface area contributed by atoms with Crippen LogP contribution in [0.25, 0.3) is 0 Å². The summed E-state index contributed by atoms with van der Waals surface area (Å²) in [5.41, 5.74) is -0.177. The molecule has 0 radical (unpaired) electrons. The van der Waals surface area contributed by atoms with Crippen LogP contribution >= 0.6 is 11.8 Å². The lowest BCUT2D eigenvalue weighted by molar-refractivity contribution is -0.131. The first-order chi connectivity index (χ1) is 9.03. The van der Waals surface area contributed by atoms with Gasteiger partial charge in [-0.05, 0) is 18.6 Å². The Morgan fingerprint density at radius 2 is 2.47 bits per heavy atom. The summed E-state index contributed by atoms with van der Waals surface area (Å²) in [6.45, 7) is -1.39. The number of hydrogen-bond acceptors (Lipinski definition) is 5. The molecule has 0 aromatic carbocycles. The van der Waals surface area contributed by atoms with E-state index in [0.717, 1.165) is 30.5 Å². The SMILES string of the molecule is O=C(NC1CCCSC1)c1cn(C(F)(F)CO)nn1. The number of rotatable bonds is 4. The Balaban J connectivity index is 1.99. The van der Waals surface area contributed by atoms with Gasteiger partial charge in [0.15, 0.2) is 5.69 Å². The smallest absolute Gasteiger partial charge is 0.367 e. The van der Waals surface area contributed by atoms with Crippen molar-refractivity contribution in [2.75, 3.05) is 18.1 Å². The molecular formula is C10H14F2N4O2S. The van der Waals surface area contributed by atoms with Crippen LogP contribution in [0.5, 0.6) is 0 Å². The van der Waals surface area contributed by atoms with Gasteiger partial charge in [0.05, 0.1) is 6.20 Å². The standard InChI is InChI=1S/C10H14F2N4O2S/c11-10(12,6-17)16-4-8(14-15-16)9(18)13-7-2-1-3-19-5-7/h4,7,17H,1-3,5-6H2,(H,13,18). The van der Waals surface area contributed by atoms with Gasteiger partial charge in [-0.3, -0.25) is 4.79 Å². The summed E-state index contributed by atoms with van der Waals surface area (Å²) >= 11 is 1.74. The van der Waals surface area contributed by atoms with Crippen LogP contribution in [0.2, 0.25) is 0 Å². The number of nitrogens with one attached hydrogen (secondary N) is 1. The van der Waals surface area contributed by atoms with Crippen molar-refractivity contribution in [3.8, 4) is 0 Å². The maximum absolute atomic E-state index is 13.1. The quantitative estimate of drug-likeness (QED) is 0.842. The molecule has 106 valence electrons. The zero-order valence-corrected chi connectivity index (χ0v) is 10.9. The lowest BCUT2D eigenvalue weighted by Gasteiger charge is -2.21. The van der Waals surface area contributed by atoms with Gasteiger partial charge in [-0.2, -0.15) is 25.2 Å². The van der Waals surface area contributed by atoms with Gasteiger partial charge in [-0.25, -0.2) is 0 Å². The molecule has 1 aliphatic heterocycles. The predicted octanol–water partition coefficient (Wildman–Crippen LogP) is 0.445. The second-order valence-electron chi connectivity index (χ2n) is 4.26. The number of hydrogen-bond donors (Lipinski definition) is 2. The second kappa shape index (κ2) is 5.83. The minimum atomic E-state index is -3.55. The van der Waals surface area contributed by atoms with Crippen LogP contribution in [0.4, 0.5) is 8.78 Å². The average molecular weight is 292 g/mol. The molecule has 0 saturated carbocycles. The van der Waals surface area contributed by atoms with E-state index in [-0.39, 0.29) is 16.4 Å². The average Bonchev–Trinajstić information content (AvgIpc) is 2.90. The highest BCUT2D eigenvalue weighted by molar-refractivity contribution is 7.99. The Morgan fingerprint density at radius 1 is 1.68 bits per heavy atom. The van der Waals surface area contributed by atoms with Gasteiger partial charge in [0.2, 0.25) is 0 Å². The van der Waals surface area contributed by atoms with E-state index in [1.54, 1.807) is 11.8 Å². The van der Waals surface area contributed by atoms with Gasteiger partial charge in [0.1, 0.15) is 6.61 Å². The topological polar surface area (TPSA) is 80.0 Å². The summed E-state index contributed by atoms with van der Waals surface area (Å²) in [4.78, 5) is 11.8. The van der Waals surface area contributed by atoms with Crippen LogP contribution in [0.3, 0.4) is 0 Å². The van der Waals surface area contributed by atoms with Gasteiger partial charge in [0.25, 0.3) is 5.91 Å². The molecule has 2 N–H and O–H groups in total. The third-order valence-electron chi connectivity index (χ3n) is 2.75. The van der Waals surface area contributed by atoms with Gasteiger partial charge in [0, 0.05) is 11.8 Å². The highest BCUT2D eigenvalue weighted by Gasteiger charge is 2.32. The van der Waals surface area contributed by atoms with Gasteiger partial charge >= 0.3 is 6.05 Å². The molecular weight excluding hydrogens is 278 g/mol. The first-order valence-electron chi connectivity index (χ1n) is 5.83. The highest BCUT2D eigenvalue weighted by atomic mass is 32.2. The Morgan fingerprint density at radius 3 is 3.11 bits per heavy atom. The van der Waals surface area contributed by atoms with Crippen molar-refractivity contribution in [3.63, 3.8) is 0 Å². The zero-order chi connectivity index (χ0) is 13.9. The van der Waals surface area contributed by atoms with E-state index in [4.69, 9.17) is 5.11 Å². The van der Waals surface area contributed by atoms with Crippen molar-refractivity contribution in [2.24, 2.45) is 0 Å². The van der Waals surface area contributed by atoms with Crippen LogP contribution in [-0.4, -0.2) is 50.2 Å². The number of thioether (sulfide) groups is 1. The van der Waals surface area contributed by atoms with Crippen molar-refractivity contribution >= 4 is 17.7 Å². The third-order valence-corrected chi connectivity index (χ3v) is 3.96. The number of halogens is 2. The molecule has 1 aromatic rings. The van der Waals surface area contributed by atoms with E-state index in [0.29, 0.717) is 0 Å². The Bertz CT molecular complexity index is 448. The number of amides is 1. The van der Waals surface area contributed by atoms with Crippen molar-refractivity contribution in [3.05, 3.63) is 11.9 Å². The molecule has 2 rings (SSSR count). The number of aliphatic hydroxyl groups is 1. The molecule has 2 heterocycles. The maximum atomic E-state index is 13.1. The summed E-state index contributed by atoms with van der Waals surface area (Å²) in [6, 6.07) is -3.51. The molecule has 19 heavy (non-hydrogen) atoms. The van der Waals surface area contributed by atoms with Crippen LogP contribution in [0, 0.1) is 0 Å². The van der Waals surface area contributed by atoms with Crippen molar-refractivity contribution < 1.29 is 18.7 Å². The lowest BCUT2D eigenvalue weighted by Crippen LogP contribution is -2.38. The van der Waals surface area contributed by atoms with E-state index in [9.17, 15) is 13.6 Å². The minimum Gasteiger partial charge on any atom is -0.388 e. The number of alkyl halides is 2. The molecule has 1 saturated heterocycles. The second-order valence-corrected chi connectivity index (χ2v) is 5.41. The summed E-state index contributed by atoms with van der Waals surface area (Å²) in [6.07, 6.45) is 2.73. The van der Waals surface area contributed by atoms with E-state index in [1.165, 1.54) is 0 Å². The van der Waals surface area contributed by atoms with Crippen LogP contribution in [0.1, 0.15) is 23.3 Å². The molecule has 0 spiro atoms. The number of aromatic nitrogens is 3. The number of aliphatic hydroxyl groups excluding tert-OH is 1. The molecule has 6 nitrogen and oxygen atoms in total. The summed E-state index contributed by atoms with van der Waals surface area (Å²) in [5, 5.41) is 17.8. The van der Waals surface area contributed by atoms with Gasteiger partial charge in [-0.15, -0.1) is 5.10 Å². The first kappa shape index (κ1) is 14.2. The molecule has 1 atom stereocenters. The molecule has 0 bridgehead atoms. The summed E-state index contributed by atoms with van der Waals surface area (Å²) < 4.78 is 26.4. The lowest BCUT2D eigenvalue weighted by atomic mass is 10.2. The van der Waals surface area contributed by atoms with Gasteiger partial charge in [-0.1, -0.05) is 5.21 Å². The van der Waals surface area contributed by atoms with E-state index in [2.05, 4.69) is 15.6 Å². The van der Waals surface area contributed by atoms with Crippen molar-refractivity contribution in [2.45, 2.75) is 24.9 Å².